The Morgan fingerprint density at radius 3 is 2.41 bits per heavy atom. The van der Waals surface area contributed by atoms with Crippen molar-refractivity contribution in [2.75, 3.05) is 32.8 Å². The monoisotopic (exact) mass is 240 g/mol. The maximum Gasteiger partial charge on any atom is 0.234 e. The Balaban J connectivity index is 1.68. The van der Waals surface area contributed by atoms with Crippen molar-refractivity contribution < 1.29 is 9.53 Å². The zero-order chi connectivity index (χ0) is 11.9. The lowest BCUT2D eigenvalue weighted by molar-refractivity contribution is -0.124. The Labute approximate surface area is 104 Å². The second kappa shape index (κ2) is 6.97. The summed E-state index contributed by atoms with van der Waals surface area (Å²) in [7, 11) is 0. The first kappa shape index (κ1) is 12.8. The van der Waals surface area contributed by atoms with Crippen LogP contribution in [0.25, 0.3) is 0 Å². The predicted molar refractivity (Wildman–Crippen MR) is 66.9 cm³/mol. The summed E-state index contributed by atoms with van der Waals surface area (Å²) in [5, 5.41) is 3.18. The van der Waals surface area contributed by atoms with Gasteiger partial charge in [0.15, 0.2) is 0 Å². The third-order valence-corrected chi connectivity index (χ3v) is 3.69. The van der Waals surface area contributed by atoms with Crippen molar-refractivity contribution in [1.29, 1.82) is 0 Å². The molecule has 2 aliphatic rings. The number of nitrogens with one attached hydrogen (secondary N) is 1. The number of morpholine rings is 1. The molecule has 0 aromatic rings. The highest BCUT2D eigenvalue weighted by Gasteiger charge is 2.18. The van der Waals surface area contributed by atoms with Gasteiger partial charge in [-0.15, -0.1) is 0 Å². The van der Waals surface area contributed by atoms with Gasteiger partial charge < -0.3 is 10.1 Å². The van der Waals surface area contributed by atoms with E-state index in [2.05, 4.69) is 10.2 Å². The lowest BCUT2D eigenvalue weighted by Crippen LogP contribution is -2.45. The summed E-state index contributed by atoms with van der Waals surface area (Å²) in [6.07, 6.45) is 7.51. The summed E-state index contributed by atoms with van der Waals surface area (Å²) < 4.78 is 5.27. The lowest BCUT2D eigenvalue weighted by Gasteiger charge is -2.26. The van der Waals surface area contributed by atoms with E-state index in [-0.39, 0.29) is 5.91 Å². The molecule has 1 aliphatic heterocycles. The molecule has 0 atom stereocenters. The smallest absolute Gasteiger partial charge is 0.234 e. The fourth-order valence-electron chi connectivity index (χ4n) is 2.66. The van der Waals surface area contributed by atoms with Crippen LogP contribution in [-0.4, -0.2) is 49.7 Å². The second-order valence-electron chi connectivity index (χ2n) is 5.14. The van der Waals surface area contributed by atoms with E-state index >= 15 is 0 Å². The average molecular weight is 240 g/mol. The van der Waals surface area contributed by atoms with E-state index in [4.69, 9.17) is 4.74 Å². The molecule has 4 nitrogen and oxygen atoms in total. The van der Waals surface area contributed by atoms with Crippen molar-refractivity contribution in [3.63, 3.8) is 0 Å². The minimum absolute atomic E-state index is 0.193. The number of ether oxygens (including phenoxy) is 1. The topological polar surface area (TPSA) is 41.6 Å². The van der Waals surface area contributed by atoms with Gasteiger partial charge in [0.25, 0.3) is 0 Å². The van der Waals surface area contributed by atoms with E-state index in [1.165, 1.54) is 25.7 Å². The highest BCUT2D eigenvalue weighted by atomic mass is 16.5. The number of amides is 1. The molecule has 1 saturated carbocycles. The highest BCUT2D eigenvalue weighted by Crippen LogP contribution is 2.17. The summed E-state index contributed by atoms with van der Waals surface area (Å²) in [4.78, 5) is 14.1. The Kier molecular flexibility index (Phi) is 5.26. The predicted octanol–water partition coefficient (Wildman–Crippen LogP) is 1.16. The molecular formula is C13H24N2O2. The zero-order valence-electron chi connectivity index (χ0n) is 10.6. The van der Waals surface area contributed by atoms with E-state index in [1.807, 2.05) is 0 Å². The SMILES string of the molecule is O=C(CN1CCOCC1)NC1CCCCCC1. The molecule has 0 aromatic carbocycles. The Bertz CT molecular complexity index is 232. The molecule has 1 heterocycles. The van der Waals surface area contributed by atoms with E-state index in [0.29, 0.717) is 12.6 Å². The first-order valence-corrected chi connectivity index (χ1v) is 6.94. The number of carbonyl (C=O) groups is 1. The maximum atomic E-state index is 11.9. The van der Waals surface area contributed by atoms with Gasteiger partial charge in [-0.2, -0.15) is 0 Å². The van der Waals surface area contributed by atoms with Crippen molar-refractivity contribution in [2.24, 2.45) is 0 Å². The number of carbonyl (C=O) groups excluding carboxylic acids is 1. The van der Waals surface area contributed by atoms with Gasteiger partial charge >= 0.3 is 0 Å². The van der Waals surface area contributed by atoms with Gasteiger partial charge in [-0.3, -0.25) is 9.69 Å². The van der Waals surface area contributed by atoms with Crippen molar-refractivity contribution in [1.82, 2.24) is 10.2 Å². The van der Waals surface area contributed by atoms with Crippen molar-refractivity contribution in [3.05, 3.63) is 0 Å². The van der Waals surface area contributed by atoms with Gasteiger partial charge in [-0.1, -0.05) is 25.7 Å². The number of rotatable bonds is 3. The fourth-order valence-corrected chi connectivity index (χ4v) is 2.66. The minimum Gasteiger partial charge on any atom is -0.379 e. The van der Waals surface area contributed by atoms with Crippen LogP contribution in [0.15, 0.2) is 0 Å². The Morgan fingerprint density at radius 2 is 1.76 bits per heavy atom. The van der Waals surface area contributed by atoms with Gasteiger partial charge in [-0.25, -0.2) is 0 Å². The van der Waals surface area contributed by atoms with E-state index < -0.39 is 0 Å². The molecule has 0 bridgehead atoms. The first-order chi connectivity index (χ1) is 8.34. The fraction of sp³-hybridized carbons (Fsp3) is 0.923. The van der Waals surface area contributed by atoms with Gasteiger partial charge in [0.1, 0.15) is 0 Å². The van der Waals surface area contributed by atoms with Crippen LogP contribution in [0.5, 0.6) is 0 Å². The molecule has 0 aromatic heterocycles. The third-order valence-electron chi connectivity index (χ3n) is 3.69. The third kappa shape index (κ3) is 4.64. The van der Waals surface area contributed by atoms with Gasteiger partial charge in [-0.05, 0) is 12.8 Å². The van der Waals surface area contributed by atoms with E-state index in [0.717, 1.165) is 39.1 Å². The largest absolute Gasteiger partial charge is 0.379 e. The van der Waals surface area contributed by atoms with Gasteiger partial charge in [0, 0.05) is 19.1 Å². The van der Waals surface area contributed by atoms with E-state index in [1.54, 1.807) is 0 Å². The van der Waals surface area contributed by atoms with Gasteiger partial charge in [0.2, 0.25) is 5.91 Å². The zero-order valence-corrected chi connectivity index (χ0v) is 10.6. The molecule has 2 fully saturated rings. The molecular weight excluding hydrogens is 216 g/mol. The molecule has 1 N–H and O–H groups in total. The van der Waals surface area contributed by atoms with Crippen molar-refractivity contribution in [2.45, 2.75) is 44.6 Å². The molecule has 1 amide bonds. The van der Waals surface area contributed by atoms with Crippen LogP contribution in [0, 0.1) is 0 Å². The highest BCUT2D eigenvalue weighted by molar-refractivity contribution is 5.78. The summed E-state index contributed by atoms with van der Waals surface area (Å²) in [6, 6.07) is 0.422. The quantitative estimate of drug-likeness (QED) is 0.753. The molecule has 0 radical (unpaired) electrons. The molecule has 0 spiro atoms. The number of nitrogens with zero attached hydrogens (tertiary/aromatic N) is 1. The molecule has 98 valence electrons. The van der Waals surface area contributed by atoms with Crippen molar-refractivity contribution >= 4 is 5.91 Å². The van der Waals surface area contributed by atoms with Crippen LogP contribution in [-0.2, 0) is 9.53 Å². The number of hydrogen-bond donors (Lipinski definition) is 1. The summed E-state index contributed by atoms with van der Waals surface area (Å²) in [5.74, 6) is 0.193. The summed E-state index contributed by atoms with van der Waals surface area (Å²) in [5.41, 5.74) is 0. The molecule has 17 heavy (non-hydrogen) atoms. The molecule has 1 aliphatic carbocycles. The van der Waals surface area contributed by atoms with Crippen LogP contribution < -0.4 is 5.32 Å². The lowest BCUT2D eigenvalue weighted by atomic mass is 10.1. The van der Waals surface area contributed by atoms with Crippen LogP contribution in [0.3, 0.4) is 0 Å². The van der Waals surface area contributed by atoms with Gasteiger partial charge in [0.05, 0.1) is 19.8 Å². The van der Waals surface area contributed by atoms with Crippen LogP contribution >= 0.6 is 0 Å². The first-order valence-electron chi connectivity index (χ1n) is 6.94. The normalized spacial score (nSPS) is 24.2. The Morgan fingerprint density at radius 1 is 1.12 bits per heavy atom. The molecule has 2 rings (SSSR count). The maximum absolute atomic E-state index is 11.9. The summed E-state index contributed by atoms with van der Waals surface area (Å²) >= 11 is 0. The van der Waals surface area contributed by atoms with Crippen LogP contribution in [0.4, 0.5) is 0 Å². The standard InChI is InChI=1S/C13H24N2O2/c16-13(11-15-7-9-17-10-8-15)14-12-5-3-1-2-4-6-12/h12H,1-11H2,(H,14,16). The van der Waals surface area contributed by atoms with E-state index in [9.17, 15) is 4.79 Å². The number of hydrogen-bond acceptors (Lipinski definition) is 3. The molecule has 0 unspecified atom stereocenters. The Hall–Kier alpha value is -0.610. The molecule has 1 saturated heterocycles. The summed E-state index contributed by atoms with van der Waals surface area (Å²) in [6.45, 7) is 3.84. The van der Waals surface area contributed by atoms with Crippen molar-refractivity contribution in [3.8, 4) is 0 Å². The minimum atomic E-state index is 0.193. The molecule has 4 heteroatoms. The van der Waals surface area contributed by atoms with Crippen LogP contribution in [0.2, 0.25) is 0 Å². The average Bonchev–Trinajstić information content (AvgIpc) is 2.59. The van der Waals surface area contributed by atoms with Crippen LogP contribution in [0.1, 0.15) is 38.5 Å². The second-order valence-corrected chi connectivity index (χ2v) is 5.14.